The molecule has 0 unspecified atom stereocenters. The molecule has 2 aliphatic rings. The Bertz CT molecular complexity index is 2290. The number of imide groups is 2. The summed E-state index contributed by atoms with van der Waals surface area (Å²) in [7, 11) is 9.45. The fourth-order valence-electron chi connectivity index (χ4n) is 6.24. The number of amides is 4. The maximum atomic E-state index is 13.4. The van der Waals surface area contributed by atoms with Crippen molar-refractivity contribution < 1.29 is 23.9 Å². The Hall–Kier alpha value is -6.65. The molecule has 0 saturated carbocycles. The van der Waals surface area contributed by atoms with Crippen LogP contribution in [0.5, 0.6) is 5.75 Å². The minimum Gasteiger partial charge on any atom is -0.497 e. The minimum atomic E-state index is -0.447. The minimum absolute atomic E-state index is 0.0175. The van der Waals surface area contributed by atoms with E-state index in [2.05, 4.69) is 5.32 Å². The van der Waals surface area contributed by atoms with Crippen LogP contribution in [-0.4, -0.2) is 68.7 Å². The van der Waals surface area contributed by atoms with Crippen molar-refractivity contribution in [1.82, 2.24) is 9.80 Å². The molecule has 2 heterocycles. The second-order valence-corrected chi connectivity index (χ2v) is 13.9. The van der Waals surface area contributed by atoms with Crippen LogP contribution in [0.4, 0.5) is 17.1 Å². The predicted molar refractivity (Wildman–Crippen MR) is 222 cm³/mol. The van der Waals surface area contributed by atoms with Crippen LogP contribution < -0.4 is 19.9 Å². The monoisotopic (exact) mass is 767 g/mol. The number of hydrogen-bond donors (Lipinski definition) is 1. The zero-order chi connectivity index (χ0) is 39.9. The van der Waals surface area contributed by atoms with E-state index in [4.69, 9.17) is 16.3 Å². The summed E-state index contributed by atoms with van der Waals surface area (Å²) in [6, 6.07) is 41.1. The number of nitrogens with zero attached hydrogens (tertiary/aromatic N) is 4. The van der Waals surface area contributed by atoms with E-state index in [9.17, 15) is 19.2 Å². The van der Waals surface area contributed by atoms with Gasteiger partial charge in [-0.25, -0.2) is 0 Å². The third-order valence-corrected chi connectivity index (χ3v) is 9.70. The molecule has 2 aliphatic heterocycles. The molecule has 5 aromatic carbocycles. The van der Waals surface area contributed by atoms with Crippen LogP contribution in [0.25, 0.3) is 11.1 Å². The Morgan fingerprint density at radius 1 is 0.536 bits per heavy atom. The molecule has 5 aromatic rings. The summed E-state index contributed by atoms with van der Waals surface area (Å²) in [6.07, 6.45) is 0. The molecule has 0 fully saturated rings. The molecule has 4 amide bonds. The average molecular weight is 768 g/mol. The lowest BCUT2D eigenvalue weighted by atomic mass is 10.0. The van der Waals surface area contributed by atoms with Crippen molar-refractivity contribution >= 4 is 63.4 Å². The molecule has 0 saturated heterocycles. The molecule has 10 nitrogen and oxygen atoms in total. The van der Waals surface area contributed by atoms with Crippen LogP contribution in [-0.2, 0) is 32.3 Å². The van der Waals surface area contributed by atoms with Crippen molar-refractivity contribution in [2.45, 2.75) is 13.1 Å². The highest BCUT2D eigenvalue weighted by Crippen LogP contribution is 2.34. The van der Waals surface area contributed by atoms with E-state index in [1.807, 2.05) is 147 Å². The first-order chi connectivity index (χ1) is 27.0. The summed E-state index contributed by atoms with van der Waals surface area (Å²) in [4.78, 5) is 58.3. The molecule has 1 N–H and O–H groups in total. The number of ether oxygens (including phenoxy) is 1. The van der Waals surface area contributed by atoms with E-state index in [1.165, 1.54) is 9.80 Å². The van der Waals surface area contributed by atoms with Crippen LogP contribution >= 0.6 is 11.6 Å². The highest BCUT2D eigenvalue weighted by molar-refractivity contribution is 6.55. The van der Waals surface area contributed by atoms with Gasteiger partial charge in [0, 0.05) is 45.3 Å². The van der Waals surface area contributed by atoms with Gasteiger partial charge >= 0.3 is 0 Å². The molecule has 0 spiro atoms. The molecule has 0 radical (unpaired) electrons. The lowest BCUT2D eigenvalue weighted by Gasteiger charge is -2.17. The number of rotatable bonds is 11. The standard InChI is InChI=1S/C26H25N3O3.C19H17ClN2O2/c1-28(2)21-13-9-18(10-14-21)17-29-25(30)23(19-7-5-4-6-8-19)24(26(29)31)27-20-11-15-22(32-3)16-12-20;1-21(2)15-10-8-13(9-11-15)12-22-18(23)16(17(20)19(22)24)14-6-4-3-5-7-14/h4-16,27H,17H2,1-3H3;3-11H,12H2,1-2H3. The number of methoxy groups -OCH3 is 1. The van der Waals surface area contributed by atoms with Gasteiger partial charge in [-0.3, -0.25) is 29.0 Å². The van der Waals surface area contributed by atoms with Crippen LogP contribution in [0.2, 0.25) is 0 Å². The Morgan fingerprint density at radius 2 is 0.964 bits per heavy atom. The van der Waals surface area contributed by atoms with Crippen LogP contribution in [0.15, 0.2) is 144 Å². The molecule has 0 aliphatic carbocycles. The quantitative estimate of drug-likeness (QED) is 0.139. The van der Waals surface area contributed by atoms with Gasteiger partial charge in [0.1, 0.15) is 16.5 Å². The first-order valence-corrected chi connectivity index (χ1v) is 18.3. The normalized spacial score (nSPS) is 14.0. The van der Waals surface area contributed by atoms with Crippen molar-refractivity contribution in [3.05, 3.63) is 166 Å². The number of halogens is 1. The van der Waals surface area contributed by atoms with Crippen molar-refractivity contribution in [2.75, 3.05) is 50.4 Å². The van der Waals surface area contributed by atoms with E-state index in [-0.39, 0.29) is 47.1 Å². The van der Waals surface area contributed by atoms with E-state index >= 15 is 0 Å². The first kappa shape index (κ1) is 39.1. The maximum absolute atomic E-state index is 13.4. The molecule has 0 bridgehead atoms. The summed E-state index contributed by atoms with van der Waals surface area (Å²) in [5.41, 5.74) is 6.85. The van der Waals surface area contributed by atoms with Crippen molar-refractivity contribution in [2.24, 2.45) is 0 Å². The Morgan fingerprint density at radius 3 is 1.41 bits per heavy atom. The lowest BCUT2D eigenvalue weighted by Crippen LogP contribution is -2.32. The van der Waals surface area contributed by atoms with Gasteiger partial charge in [-0.15, -0.1) is 0 Å². The van der Waals surface area contributed by atoms with Gasteiger partial charge in [0.2, 0.25) is 0 Å². The molecule has 0 aromatic heterocycles. The van der Waals surface area contributed by atoms with Gasteiger partial charge in [0.25, 0.3) is 23.6 Å². The van der Waals surface area contributed by atoms with Crippen LogP contribution in [0.1, 0.15) is 22.3 Å². The molecule has 11 heteroatoms. The van der Waals surface area contributed by atoms with Crippen molar-refractivity contribution in [1.29, 1.82) is 0 Å². The summed E-state index contributed by atoms with van der Waals surface area (Å²) in [5, 5.41) is 3.15. The molecule has 284 valence electrons. The van der Waals surface area contributed by atoms with Crippen LogP contribution in [0, 0.1) is 0 Å². The van der Waals surface area contributed by atoms with E-state index in [0.717, 1.165) is 22.5 Å². The summed E-state index contributed by atoms with van der Waals surface area (Å²) in [5.74, 6) is -0.746. The highest BCUT2D eigenvalue weighted by atomic mass is 35.5. The second kappa shape index (κ2) is 17.2. The molecule has 56 heavy (non-hydrogen) atoms. The fraction of sp³-hybridized carbons (Fsp3) is 0.156. The third kappa shape index (κ3) is 8.51. The molecular formula is C45H42ClN5O5. The number of anilines is 3. The van der Waals surface area contributed by atoms with E-state index in [1.54, 1.807) is 31.4 Å². The number of carbonyl (C=O) groups excluding carboxylic acids is 4. The van der Waals surface area contributed by atoms with Gasteiger partial charge in [0.15, 0.2) is 0 Å². The predicted octanol–water partition coefficient (Wildman–Crippen LogP) is 7.42. The van der Waals surface area contributed by atoms with E-state index < -0.39 is 5.91 Å². The van der Waals surface area contributed by atoms with Gasteiger partial charge in [0.05, 0.1) is 31.3 Å². The van der Waals surface area contributed by atoms with Gasteiger partial charge in [-0.2, -0.15) is 0 Å². The van der Waals surface area contributed by atoms with Crippen LogP contribution in [0.3, 0.4) is 0 Å². The maximum Gasteiger partial charge on any atom is 0.278 e. The van der Waals surface area contributed by atoms with Gasteiger partial charge in [-0.1, -0.05) is 96.5 Å². The number of benzene rings is 5. The average Bonchev–Trinajstić information content (AvgIpc) is 3.57. The number of hydrogen-bond acceptors (Lipinski definition) is 8. The first-order valence-electron chi connectivity index (χ1n) is 17.9. The Labute approximate surface area is 331 Å². The topological polar surface area (TPSA) is 102 Å². The van der Waals surface area contributed by atoms with Crippen molar-refractivity contribution in [3.63, 3.8) is 0 Å². The van der Waals surface area contributed by atoms with Crippen molar-refractivity contribution in [3.8, 4) is 5.75 Å². The molecule has 7 rings (SSSR count). The summed E-state index contributed by atoms with van der Waals surface area (Å²) < 4.78 is 5.20. The van der Waals surface area contributed by atoms with E-state index in [0.29, 0.717) is 28.1 Å². The molecule has 0 atom stereocenters. The Balaban J connectivity index is 0.000000198. The van der Waals surface area contributed by atoms with Gasteiger partial charge in [-0.05, 0) is 70.8 Å². The second-order valence-electron chi connectivity index (χ2n) is 13.5. The molecular weight excluding hydrogens is 726 g/mol. The zero-order valence-corrected chi connectivity index (χ0v) is 32.6. The zero-order valence-electron chi connectivity index (χ0n) is 31.8. The fourth-order valence-corrected chi connectivity index (χ4v) is 6.53. The SMILES string of the molecule is CN(C)c1ccc(CN2C(=O)C(Cl)=C(c3ccccc3)C2=O)cc1.COc1ccc(NC2=C(c3ccccc3)C(=O)N(Cc3ccc(N(C)C)cc3)C2=O)cc1. The largest absolute Gasteiger partial charge is 0.497 e. The summed E-state index contributed by atoms with van der Waals surface area (Å²) in [6.45, 7) is 0.410. The third-order valence-electron chi connectivity index (χ3n) is 9.35. The summed E-state index contributed by atoms with van der Waals surface area (Å²) >= 11 is 6.15. The van der Waals surface area contributed by atoms with Gasteiger partial charge < -0.3 is 19.9 Å². The smallest absolute Gasteiger partial charge is 0.278 e. The number of nitrogens with one attached hydrogen (secondary N) is 1. The Kier molecular flexibility index (Phi) is 12.0. The number of carbonyl (C=O) groups is 4. The lowest BCUT2D eigenvalue weighted by molar-refractivity contribution is -0.138. The highest BCUT2D eigenvalue weighted by Gasteiger charge is 2.40.